The van der Waals surface area contributed by atoms with Gasteiger partial charge in [-0.2, -0.15) is 8.78 Å². The predicted octanol–water partition coefficient (Wildman–Crippen LogP) is 3.55. The van der Waals surface area contributed by atoms with Gasteiger partial charge in [0.1, 0.15) is 5.75 Å². The van der Waals surface area contributed by atoms with Gasteiger partial charge in [-0.1, -0.05) is 12.1 Å². The number of hydrogen-bond donors (Lipinski definition) is 0. The van der Waals surface area contributed by atoms with Crippen LogP contribution in [-0.2, 0) is 15.7 Å². The first-order valence-corrected chi connectivity index (χ1v) is 7.78. The third-order valence-electron chi connectivity index (χ3n) is 5.18. The molecule has 0 amide bonds. The molecule has 124 valence electrons. The molecule has 0 aromatic heterocycles. The van der Waals surface area contributed by atoms with Crippen molar-refractivity contribution in [3.63, 3.8) is 0 Å². The van der Waals surface area contributed by atoms with Crippen LogP contribution in [0.4, 0.5) is 8.78 Å². The highest BCUT2D eigenvalue weighted by Crippen LogP contribution is 2.41. The molecule has 0 N–H and O–H groups in total. The molecule has 0 unspecified atom stereocenters. The SMILES string of the molecule is COc1c(B2OC(C)(C)C(C)(C)O2)ccc2c1CCC2=C(F)F. The third-order valence-corrected chi connectivity index (χ3v) is 5.18. The molecular formula is C17H21BF2O3. The highest BCUT2D eigenvalue weighted by Gasteiger charge is 2.52. The average molecular weight is 322 g/mol. The number of halogens is 2. The van der Waals surface area contributed by atoms with Crippen molar-refractivity contribution in [1.29, 1.82) is 0 Å². The minimum Gasteiger partial charge on any atom is -0.497 e. The van der Waals surface area contributed by atoms with Crippen molar-refractivity contribution in [1.82, 2.24) is 0 Å². The van der Waals surface area contributed by atoms with E-state index in [2.05, 4.69) is 0 Å². The summed E-state index contributed by atoms with van der Waals surface area (Å²) in [6.07, 6.45) is -0.742. The van der Waals surface area contributed by atoms with Gasteiger partial charge in [0.05, 0.1) is 18.3 Å². The highest BCUT2D eigenvalue weighted by atomic mass is 19.3. The van der Waals surface area contributed by atoms with E-state index in [1.165, 1.54) is 0 Å². The molecule has 1 saturated heterocycles. The first-order valence-electron chi connectivity index (χ1n) is 7.78. The van der Waals surface area contributed by atoms with E-state index < -0.39 is 24.4 Å². The third kappa shape index (κ3) is 2.48. The molecule has 0 radical (unpaired) electrons. The van der Waals surface area contributed by atoms with Crippen LogP contribution >= 0.6 is 0 Å². The number of rotatable bonds is 2. The minimum atomic E-state index is -1.62. The first-order chi connectivity index (χ1) is 10.7. The van der Waals surface area contributed by atoms with Gasteiger partial charge in [0, 0.05) is 16.6 Å². The molecular weight excluding hydrogens is 301 g/mol. The average Bonchev–Trinajstić information content (AvgIpc) is 2.96. The van der Waals surface area contributed by atoms with Gasteiger partial charge < -0.3 is 14.0 Å². The summed E-state index contributed by atoms with van der Waals surface area (Å²) in [7, 11) is 0.987. The molecule has 0 spiro atoms. The van der Waals surface area contributed by atoms with Crippen LogP contribution in [0.1, 0.15) is 45.2 Å². The summed E-state index contributed by atoms with van der Waals surface area (Å²) in [5.74, 6) is 0.595. The van der Waals surface area contributed by atoms with Crippen LogP contribution in [0.5, 0.6) is 5.75 Å². The monoisotopic (exact) mass is 322 g/mol. The lowest BCUT2D eigenvalue weighted by Crippen LogP contribution is -2.41. The summed E-state index contributed by atoms with van der Waals surface area (Å²) < 4.78 is 43.8. The fourth-order valence-corrected chi connectivity index (χ4v) is 3.15. The summed E-state index contributed by atoms with van der Waals surface area (Å²) in [6.45, 7) is 7.91. The lowest BCUT2D eigenvalue weighted by molar-refractivity contribution is 0.00578. The zero-order chi connectivity index (χ0) is 17.0. The van der Waals surface area contributed by atoms with E-state index in [0.29, 0.717) is 24.2 Å². The van der Waals surface area contributed by atoms with Crippen LogP contribution in [0.15, 0.2) is 18.2 Å². The molecule has 1 aromatic rings. The summed E-state index contributed by atoms with van der Waals surface area (Å²) in [4.78, 5) is 0. The van der Waals surface area contributed by atoms with Gasteiger partial charge >= 0.3 is 7.12 Å². The predicted molar refractivity (Wildman–Crippen MR) is 86.2 cm³/mol. The largest absolute Gasteiger partial charge is 0.498 e. The maximum absolute atomic E-state index is 13.0. The van der Waals surface area contributed by atoms with Crippen molar-refractivity contribution >= 4 is 18.2 Å². The molecule has 1 aromatic carbocycles. The van der Waals surface area contributed by atoms with Gasteiger partial charge in [0.15, 0.2) is 0 Å². The second kappa shape index (κ2) is 5.31. The van der Waals surface area contributed by atoms with Gasteiger partial charge in [-0.3, -0.25) is 0 Å². The van der Waals surface area contributed by atoms with Crippen molar-refractivity contribution < 1.29 is 22.8 Å². The molecule has 1 aliphatic heterocycles. The number of benzene rings is 1. The Morgan fingerprint density at radius 3 is 2.22 bits per heavy atom. The number of hydrogen-bond acceptors (Lipinski definition) is 3. The van der Waals surface area contributed by atoms with Crippen LogP contribution in [0.3, 0.4) is 0 Å². The normalized spacial score (nSPS) is 21.5. The van der Waals surface area contributed by atoms with E-state index in [9.17, 15) is 8.78 Å². The van der Waals surface area contributed by atoms with Crippen molar-refractivity contribution in [2.24, 2.45) is 0 Å². The second-order valence-corrected chi connectivity index (χ2v) is 7.04. The Morgan fingerprint density at radius 1 is 1.09 bits per heavy atom. The van der Waals surface area contributed by atoms with E-state index in [4.69, 9.17) is 14.0 Å². The Balaban J connectivity index is 2.05. The molecule has 0 bridgehead atoms. The van der Waals surface area contributed by atoms with Gasteiger partial charge in [-0.25, -0.2) is 0 Å². The molecule has 0 saturated carbocycles. The zero-order valence-electron chi connectivity index (χ0n) is 14.1. The van der Waals surface area contributed by atoms with Crippen LogP contribution in [0.25, 0.3) is 5.57 Å². The van der Waals surface area contributed by atoms with Gasteiger partial charge in [0.2, 0.25) is 0 Å². The van der Waals surface area contributed by atoms with E-state index in [-0.39, 0.29) is 5.57 Å². The number of ether oxygens (including phenoxy) is 1. The summed E-state index contributed by atoms with van der Waals surface area (Å²) in [6, 6.07) is 3.49. The van der Waals surface area contributed by atoms with Gasteiger partial charge in [0.25, 0.3) is 6.08 Å². The molecule has 6 heteroatoms. The quantitative estimate of drug-likeness (QED) is 0.780. The van der Waals surface area contributed by atoms with Crippen LogP contribution < -0.4 is 10.2 Å². The topological polar surface area (TPSA) is 27.7 Å². The Labute approximate surface area is 135 Å². The van der Waals surface area contributed by atoms with E-state index in [1.54, 1.807) is 19.2 Å². The lowest BCUT2D eigenvalue weighted by atomic mass is 9.76. The van der Waals surface area contributed by atoms with E-state index in [1.807, 2.05) is 27.7 Å². The second-order valence-electron chi connectivity index (χ2n) is 7.04. The Morgan fingerprint density at radius 2 is 1.70 bits per heavy atom. The molecule has 3 nitrogen and oxygen atoms in total. The smallest absolute Gasteiger partial charge is 0.497 e. The molecule has 2 aliphatic rings. The van der Waals surface area contributed by atoms with Crippen LogP contribution in [0, 0.1) is 0 Å². The number of fused-ring (bicyclic) bond motifs is 1. The maximum atomic E-state index is 13.0. The Hall–Kier alpha value is -1.40. The van der Waals surface area contributed by atoms with Gasteiger partial charge in [-0.05, 0) is 46.1 Å². The first kappa shape index (κ1) is 16.5. The van der Waals surface area contributed by atoms with Crippen LogP contribution in [0.2, 0.25) is 0 Å². The van der Waals surface area contributed by atoms with Crippen molar-refractivity contribution in [2.45, 2.75) is 51.7 Å². The fourth-order valence-electron chi connectivity index (χ4n) is 3.15. The van der Waals surface area contributed by atoms with E-state index >= 15 is 0 Å². The molecule has 1 heterocycles. The summed E-state index contributed by atoms with van der Waals surface area (Å²) in [5, 5.41) is 0. The highest BCUT2D eigenvalue weighted by molar-refractivity contribution is 6.63. The molecule has 1 fully saturated rings. The van der Waals surface area contributed by atoms with Crippen molar-refractivity contribution in [3.05, 3.63) is 29.3 Å². The lowest BCUT2D eigenvalue weighted by Gasteiger charge is -2.32. The van der Waals surface area contributed by atoms with Crippen LogP contribution in [-0.4, -0.2) is 25.4 Å². The Bertz CT molecular complexity index is 663. The van der Waals surface area contributed by atoms with Crippen molar-refractivity contribution in [2.75, 3.05) is 7.11 Å². The van der Waals surface area contributed by atoms with Gasteiger partial charge in [-0.15, -0.1) is 0 Å². The maximum Gasteiger partial charge on any atom is 0.498 e. The molecule has 23 heavy (non-hydrogen) atoms. The number of allylic oxidation sites excluding steroid dienone is 1. The van der Waals surface area contributed by atoms with Crippen molar-refractivity contribution in [3.8, 4) is 5.75 Å². The molecule has 3 rings (SSSR count). The fraction of sp³-hybridized carbons (Fsp3) is 0.529. The summed E-state index contributed by atoms with van der Waals surface area (Å²) in [5.41, 5.74) is 1.32. The minimum absolute atomic E-state index is 0.110. The standard InChI is InChI=1S/C17H21BF2O3/c1-16(2)17(3,4)23-18(22-16)13-9-8-10-11(14(13)21-5)6-7-12(10)15(19)20/h8-9H,6-7H2,1-5H3. The molecule has 0 atom stereocenters. The summed E-state index contributed by atoms with van der Waals surface area (Å²) >= 11 is 0. The number of methoxy groups -OCH3 is 1. The Kier molecular flexibility index (Phi) is 3.80. The zero-order valence-corrected chi connectivity index (χ0v) is 14.1. The van der Waals surface area contributed by atoms with E-state index in [0.717, 1.165) is 11.0 Å². The molecule has 1 aliphatic carbocycles.